The Balaban J connectivity index is 1.51. The predicted molar refractivity (Wildman–Crippen MR) is 112 cm³/mol. The number of nitrogens with zero attached hydrogens (tertiary/aromatic N) is 1. The molecule has 3 N–H and O–H groups in total. The molecule has 1 fully saturated rings. The van der Waals surface area contributed by atoms with Gasteiger partial charge in [-0.1, -0.05) is 48.5 Å². The van der Waals surface area contributed by atoms with Crippen LogP contribution in [-0.4, -0.2) is 52.5 Å². The van der Waals surface area contributed by atoms with E-state index in [1.807, 2.05) is 42.6 Å². The Morgan fingerprint density at radius 2 is 1.90 bits per heavy atom. The second-order valence-electron chi connectivity index (χ2n) is 7.52. The fraction of sp³-hybridized carbons (Fsp3) is 0.304. The molecule has 2 atom stereocenters. The summed E-state index contributed by atoms with van der Waals surface area (Å²) in [5.74, 6) is -0.986. The standard InChI is InChI=1S/C23H25N3O3/c27-22(15-26-12-6-11-21(26)23(28)29)25-13-18(16-7-2-1-3-8-16)19-14-24-20-10-5-4-9-17(19)20/h1-5,7-10,14,18,21,24H,6,11-13,15H2,(H,25,27)(H,28,29)/t18?,21-/m0/s1. The lowest BCUT2D eigenvalue weighted by Crippen LogP contribution is -2.43. The van der Waals surface area contributed by atoms with Gasteiger partial charge in [0.2, 0.25) is 5.91 Å². The van der Waals surface area contributed by atoms with E-state index in [-0.39, 0.29) is 18.4 Å². The Kier molecular flexibility index (Phi) is 5.62. The molecule has 3 aromatic rings. The molecule has 0 bridgehead atoms. The number of carbonyl (C=O) groups excluding carboxylic acids is 1. The minimum absolute atomic E-state index is 0.00477. The maximum absolute atomic E-state index is 12.6. The smallest absolute Gasteiger partial charge is 0.320 e. The fourth-order valence-corrected chi connectivity index (χ4v) is 4.23. The molecular formula is C23H25N3O3. The maximum atomic E-state index is 12.6. The van der Waals surface area contributed by atoms with Gasteiger partial charge >= 0.3 is 5.97 Å². The molecule has 1 aliphatic rings. The lowest BCUT2D eigenvalue weighted by atomic mass is 9.91. The molecule has 29 heavy (non-hydrogen) atoms. The summed E-state index contributed by atoms with van der Waals surface area (Å²) < 4.78 is 0. The minimum Gasteiger partial charge on any atom is -0.480 e. The summed E-state index contributed by atoms with van der Waals surface area (Å²) in [5, 5.41) is 13.5. The molecule has 150 valence electrons. The van der Waals surface area contributed by atoms with Gasteiger partial charge in [-0.3, -0.25) is 14.5 Å². The zero-order valence-electron chi connectivity index (χ0n) is 16.2. The van der Waals surface area contributed by atoms with Crippen LogP contribution in [0.2, 0.25) is 0 Å². The molecule has 2 aromatic carbocycles. The van der Waals surface area contributed by atoms with E-state index in [0.29, 0.717) is 19.5 Å². The van der Waals surface area contributed by atoms with Gasteiger partial charge in [-0.15, -0.1) is 0 Å². The quantitative estimate of drug-likeness (QED) is 0.578. The highest BCUT2D eigenvalue weighted by molar-refractivity contribution is 5.84. The van der Waals surface area contributed by atoms with Crippen molar-refractivity contribution in [3.8, 4) is 0 Å². The molecule has 0 aliphatic carbocycles. The van der Waals surface area contributed by atoms with E-state index in [1.54, 1.807) is 4.90 Å². The number of aliphatic carboxylic acids is 1. The first-order chi connectivity index (χ1) is 14.1. The molecule has 1 unspecified atom stereocenters. The van der Waals surface area contributed by atoms with E-state index in [4.69, 9.17) is 0 Å². The van der Waals surface area contributed by atoms with E-state index < -0.39 is 12.0 Å². The van der Waals surface area contributed by atoms with E-state index in [1.165, 1.54) is 0 Å². The lowest BCUT2D eigenvalue weighted by Gasteiger charge is -2.22. The van der Waals surface area contributed by atoms with Crippen LogP contribution in [0.3, 0.4) is 0 Å². The van der Waals surface area contributed by atoms with E-state index in [0.717, 1.165) is 28.5 Å². The number of para-hydroxylation sites is 1. The number of aromatic amines is 1. The summed E-state index contributed by atoms with van der Waals surface area (Å²) in [7, 11) is 0. The first kappa shape index (κ1) is 19.2. The number of carboxylic acid groups (broad SMARTS) is 1. The Morgan fingerprint density at radius 1 is 1.14 bits per heavy atom. The van der Waals surface area contributed by atoms with Crippen molar-refractivity contribution in [1.29, 1.82) is 0 Å². The molecule has 6 nitrogen and oxygen atoms in total. The zero-order valence-corrected chi connectivity index (χ0v) is 16.2. The van der Waals surface area contributed by atoms with Crippen molar-refractivity contribution in [3.05, 3.63) is 71.9 Å². The Labute approximate surface area is 169 Å². The highest BCUT2D eigenvalue weighted by Crippen LogP contribution is 2.30. The van der Waals surface area contributed by atoms with Gasteiger partial charge in [0.25, 0.3) is 0 Å². The first-order valence-corrected chi connectivity index (χ1v) is 9.98. The number of carbonyl (C=O) groups is 2. The summed E-state index contributed by atoms with van der Waals surface area (Å²) in [5.41, 5.74) is 3.33. The SMILES string of the molecule is O=C(CN1CCC[C@H]1C(=O)O)NCC(c1ccccc1)c1c[nH]c2ccccc12. The van der Waals surface area contributed by atoms with Gasteiger partial charge in [-0.25, -0.2) is 0 Å². The van der Waals surface area contributed by atoms with Gasteiger partial charge in [0.05, 0.1) is 6.54 Å². The maximum Gasteiger partial charge on any atom is 0.320 e. The normalized spacial score (nSPS) is 18.0. The van der Waals surface area contributed by atoms with Gasteiger partial charge in [-0.2, -0.15) is 0 Å². The first-order valence-electron chi connectivity index (χ1n) is 9.98. The molecule has 0 spiro atoms. The number of amides is 1. The number of hydrogen-bond donors (Lipinski definition) is 3. The van der Waals surface area contributed by atoms with Crippen molar-refractivity contribution in [2.45, 2.75) is 24.8 Å². The molecule has 0 radical (unpaired) electrons. The predicted octanol–water partition coefficient (Wildman–Crippen LogP) is 2.97. The van der Waals surface area contributed by atoms with Crippen molar-refractivity contribution in [2.24, 2.45) is 0 Å². The van der Waals surface area contributed by atoms with Crippen LogP contribution in [0.5, 0.6) is 0 Å². The van der Waals surface area contributed by atoms with Crippen LogP contribution in [0.15, 0.2) is 60.8 Å². The number of likely N-dealkylation sites (tertiary alicyclic amines) is 1. The highest BCUT2D eigenvalue weighted by atomic mass is 16.4. The van der Waals surface area contributed by atoms with Gasteiger partial charge in [0.1, 0.15) is 6.04 Å². The molecule has 1 aromatic heterocycles. The van der Waals surface area contributed by atoms with Crippen LogP contribution in [0.1, 0.15) is 29.9 Å². The second kappa shape index (κ2) is 8.49. The third kappa shape index (κ3) is 4.17. The zero-order chi connectivity index (χ0) is 20.2. The summed E-state index contributed by atoms with van der Waals surface area (Å²) in [6.45, 7) is 1.22. The molecule has 6 heteroatoms. The number of fused-ring (bicyclic) bond motifs is 1. The van der Waals surface area contributed by atoms with Gasteiger partial charge in [0.15, 0.2) is 0 Å². The Bertz CT molecular complexity index is 999. The van der Waals surface area contributed by atoms with E-state index in [9.17, 15) is 14.7 Å². The third-order valence-corrected chi connectivity index (χ3v) is 5.70. The number of benzene rings is 2. The van der Waals surface area contributed by atoms with Gasteiger partial charge < -0.3 is 15.4 Å². The topological polar surface area (TPSA) is 85.4 Å². The summed E-state index contributed by atoms with van der Waals surface area (Å²) in [6.07, 6.45) is 3.42. The summed E-state index contributed by atoms with van der Waals surface area (Å²) in [4.78, 5) is 29.0. The molecule has 4 rings (SSSR count). The summed E-state index contributed by atoms with van der Waals surface area (Å²) in [6, 6.07) is 17.7. The van der Waals surface area contributed by atoms with Crippen LogP contribution in [0.25, 0.3) is 10.9 Å². The van der Waals surface area contributed by atoms with E-state index in [2.05, 4.69) is 28.5 Å². The number of aromatic nitrogens is 1. The van der Waals surface area contributed by atoms with Crippen LogP contribution in [-0.2, 0) is 9.59 Å². The molecule has 1 saturated heterocycles. The van der Waals surface area contributed by atoms with Crippen molar-refractivity contribution < 1.29 is 14.7 Å². The number of nitrogens with one attached hydrogen (secondary N) is 2. The van der Waals surface area contributed by atoms with Crippen molar-refractivity contribution in [3.63, 3.8) is 0 Å². The van der Waals surface area contributed by atoms with Crippen molar-refractivity contribution in [1.82, 2.24) is 15.2 Å². The number of H-pyrrole nitrogens is 1. The summed E-state index contributed by atoms with van der Waals surface area (Å²) >= 11 is 0. The van der Waals surface area contributed by atoms with E-state index >= 15 is 0 Å². The minimum atomic E-state index is -0.851. The average molecular weight is 391 g/mol. The van der Waals surface area contributed by atoms with Crippen molar-refractivity contribution in [2.75, 3.05) is 19.6 Å². The fourth-order valence-electron chi connectivity index (χ4n) is 4.23. The van der Waals surface area contributed by atoms with Gasteiger partial charge in [0, 0.05) is 29.6 Å². The van der Waals surface area contributed by atoms with Crippen LogP contribution in [0, 0.1) is 0 Å². The largest absolute Gasteiger partial charge is 0.480 e. The Hall–Kier alpha value is -3.12. The van der Waals surface area contributed by atoms with Crippen molar-refractivity contribution >= 4 is 22.8 Å². The lowest BCUT2D eigenvalue weighted by molar-refractivity contribution is -0.142. The second-order valence-corrected chi connectivity index (χ2v) is 7.52. The van der Waals surface area contributed by atoms with Crippen LogP contribution < -0.4 is 5.32 Å². The highest BCUT2D eigenvalue weighted by Gasteiger charge is 2.31. The van der Waals surface area contributed by atoms with Crippen LogP contribution >= 0.6 is 0 Å². The average Bonchev–Trinajstić information content (AvgIpc) is 3.36. The molecule has 0 saturated carbocycles. The monoisotopic (exact) mass is 391 g/mol. The number of hydrogen-bond acceptors (Lipinski definition) is 3. The molecule has 1 aliphatic heterocycles. The Morgan fingerprint density at radius 3 is 2.69 bits per heavy atom. The third-order valence-electron chi connectivity index (χ3n) is 5.70. The van der Waals surface area contributed by atoms with Crippen LogP contribution in [0.4, 0.5) is 0 Å². The molecular weight excluding hydrogens is 366 g/mol. The molecule has 2 heterocycles. The number of carboxylic acids is 1. The number of rotatable bonds is 7. The molecule has 1 amide bonds. The van der Waals surface area contributed by atoms with Gasteiger partial charge in [-0.05, 0) is 36.6 Å².